The lowest BCUT2D eigenvalue weighted by atomic mass is 9.91. The molecule has 4 amide bonds. The van der Waals surface area contributed by atoms with Crippen molar-refractivity contribution < 1.29 is 23.9 Å². The summed E-state index contributed by atoms with van der Waals surface area (Å²) in [4.78, 5) is 52.4. The van der Waals surface area contributed by atoms with Crippen LogP contribution in [0.4, 0.5) is 4.79 Å². The lowest BCUT2D eigenvalue weighted by Crippen LogP contribution is -2.56. The average Bonchev–Trinajstić information content (AvgIpc) is 3.04. The second-order valence-electron chi connectivity index (χ2n) is 11.8. The number of carbonyl (C=O) groups is 4. The van der Waals surface area contributed by atoms with Crippen molar-refractivity contribution in [2.75, 3.05) is 6.54 Å². The Labute approximate surface area is 263 Å². The van der Waals surface area contributed by atoms with E-state index < -0.39 is 36.0 Å². The fourth-order valence-corrected chi connectivity index (χ4v) is 5.54. The van der Waals surface area contributed by atoms with Crippen molar-refractivity contribution in [2.45, 2.75) is 70.7 Å². The van der Waals surface area contributed by atoms with Gasteiger partial charge in [0, 0.05) is 18.9 Å². The highest BCUT2D eigenvalue weighted by molar-refractivity contribution is 5.93. The highest BCUT2D eigenvalue weighted by Gasteiger charge is 2.31. The largest absolute Gasteiger partial charge is 0.445 e. The number of ether oxygens (including phenoxy) is 1. The van der Waals surface area contributed by atoms with Crippen LogP contribution in [0.2, 0.25) is 0 Å². The Morgan fingerprint density at radius 1 is 0.933 bits per heavy atom. The third-order valence-electron chi connectivity index (χ3n) is 7.86. The number of fused-ring (bicyclic) bond motifs is 1. The molecule has 236 valence electrons. The normalized spacial score (nSPS) is 16.5. The molecule has 0 saturated carbocycles. The van der Waals surface area contributed by atoms with Crippen LogP contribution in [0.15, 0.2) is 72.8 Å². The molecule has 0 aromatic heterocycles. The Morgan fingerprint density at radius 3 is 2.38 bits per heavy atom. The van der Waals surface area contributed by atoms with Crippen LogP contribution < -0.4 is 21.3 Å². The Hall–Kier alpha value is -4.91. The van der Waals surface area contributed by atoms with E-state index in [1.54, 1.807) is 0 Å². The quantitative estimate of drug-likeness (QED) is 0.228. The van der Waals surface area contributed by atoms with E-state index in [9.17, 15) is 24.4 Å². The topological polar surface area (TPSA) is 149 Å². The van der Waals surface area contributed by atoms with Crippen molar-refractivity contribution in [1.82, 2.24) is 21.3 Å². The SMILES string of the molecule is CC(C)C[C@H](NC(=O)[C@H](Cc1cccc2ccccc12)NC(=O)OCc1ccccc1)C(=O)N[C@H](C#N)C[C@@H]1CCCNC1=O. The second-order valence-corrected chi connectivity index (χ2v) is 11.8. The molecule has 4 rings (SSSR count). The summed E-state index contributed by atoms with van der Waals surface area (Å²) in [6.07, 6.45) is 1.34. The summed E-state index contributed by atoms with van der Waals surface area (Å²) in [5.74, 6) is -1.52. The maximum Gasteiger partial charge on any atom is 0.408 e. The van der Waals surface area contributed by atoms with E-state index >= 15 is 0 Å². The fraction of sp³-hybridized carbons (Fsp3) is 0.400. The molecule has 0 spiro atoms. The van der Waals surface area contributed by atoms with Crippen molar-refractivity contribution >= 4 is 34.6 Å². The minimum atomic E-state index is -1.06. The van der Waals surface area contributed by atoms with Gasteiger partial charge in [-0.3, -0.25) is 14.4 Å². The zero-order valence-corrected chi connectivity index (χ0v) is 25.8. The fourth-order valence-electron chi connectivity index (χ4n) is 5.54. The molecule has 0 aliphatic carbocycles. The molecule has 1 fully saturated rings. The Kier molecular flexibility index (Phi) is 11.9. The first-order valence-corrected chi connectivity index (χ1v) is 15.5. The molecule has 1 aliphatic rings. The van der Waals surface area contributed by atoms with Crippen LogP contribution in [0.3, 0.4) is 0 Å². The molecule has 0 radical (unpaired) electrons. The number of nitrogens with zero attached hydrogens (tertiary/aromatic N) is 1. The van der Waals surface area contributed by atoms with Crippen molar-refractivity contribution in [3.63, 3.8) is 0 Å². The zero-order valence-electron chi connectivity index (χ0n) is 25.8. The van der Waals surface area contributed by atoms with Gasteiger partial charge in [0.25, 0.3) is 0 Å². The van der Waals surface area contributed by atoms with Crippen LogP contribution in [-0.4, -0.2) is 48.5 Å². The summed E-state index contributed by atoms with van der Waals surface area (Å²) in [5, 5.41) is 22.8. The van der Waals surface area contributed by atoms with Gasteiger partial charge in [0.05, 0.1) is 6.07 Å². The van der Waals surface area contributed by atoms with Crippen molar-refractivity contribution in [1.29, 1.82) is 5.26 Å². The van der Waals surface area contributed by atoms with Gasteiger partial charge in [-0.2, -0.15) is 5.26 Å². The molecule has 45 heavy (non-hydrogen) atoms. The molecule has 10 heteroatoms. The predicted octanol–water partition coefficient (Wildman–Crippen LogP) is 4.13. The molecule has 1 saturated heterocycles. The third kappa shape index (κ3) is 9.80. The van der Waals surface area contributed by atoms with Crippen LogP contribution in [0, 0.1) is 23.2 Å². The highest BCUT2D eigenvalue weighted by atomic mass is 16.5. The van der Waals surface area contributed by atoms with Gasteiger partial charge in [0.1, 0.15) is 24.7 Å². The number of nitrogens with one attached hydrogen (secondary N) is 4. The Balaban J connectivity index is 1.50. The first-order chi connectivity index (χ1) is 21.7. The smallest absolute Gasteiger partial charge is 0.408 e. The van der Waals surface area contributed by atoms with Gasteiger partial charge in [-0.25, -0.2) is 4.79 Å². The summed E-state index contributed by atoms with van der Waals surface area (Å²) in [5.41, 5.74) is 1.64. The van der Waals surface area contributed by atoms with Crippen LogP contribution in [0.1, 0.15) is 50.7 Å². The van der Waals surface area contributed by atoms with Crippen LogP contribution in [-0.2, 0) is 32.1 Å². The molecule has 0 bridgehead atoms. The number of nitriles is 1. The van der Waals surface area contributed by atoms with E-state index in [-0.39, 0.29) is 37.2 Å². The molecule has 0 unspecified atom stereocenters. The maximum atomic E-state index is 13.8. The van der Waals surface area contributed by atoms with Gasteiger partial charge in [0.2, 0.25) is 17.7 Å². The first-order valence-electron chi connectivity index (χ1n) is 15.5. The van der Waals surface area contributed by atoms with E-state index in [4.69, 9.17) is 4.74 Å². The average molecular weight is 612 g/mol. The molecular weight excluding hydrogens is 570 g/mol. The van der Waals surface area contributed by atoms with E-state index in [1.165, 1.54) is 0 Å². The number of amides is 4. The lowest BCUT2D eigenvalue weighted by molar-refractivity contribution is -0.131. The van der Waals surface area contributed by atoms with Crippen molar-refractivity contribution in [2.24, 2.45) is 11.8 Å². The van der Waals surface area contributed by atoms with Crippen molar-refractivity contribution in [3.05, 3.63) is 83.9 Å². The van der Waals surface area contributed by atoms with Gasteiger partial charge in [0.15, 0.2) is 0 Å². The van der Waals surface area contributed by atoms with Crippen LogP contribution >= 0.6 is 0 Å². The minimum Gasteiger partial charge on any atom is -0.445 e. The molecule has 4 N–H and O–H groups in total. The van der Waals surface area contributed by atoms with Crippen molar-refractivity contribution in [3.8, 4) is 6.07 Å². The van der Waals surface area contributed by atoms with E-state index in [1.807, 2.05) is 86.6 Å². The van der Waals surface area contributed by atoms with Gasteiger partial charge in [-0.15, -0.1) is 0 Å². The first kappa shape index (κ1) is 33.0. The molecule has 1 aliphatic heterocycles. The molecular formula is C35H41N5O5. The van der Waals surface area contributed by atoms with Crippen LogP contribution in [0.25, 0.3) is 10.8 Å². The van der Waals surface area contributed by atoms with E-state index in [2.05, 4.69) is 27.3 Å². The number of hydrogen-bond donors (Lipinski definition) is 4. The highest BCUT2D eigenvalue weighted by Crippen LogP contribution is 2.21. The van der Waals surface area contributed by atoms with E-state index in [0.717, 1.165) is 28.3 Å². The monoisotopic (exact) mass is 611 g/mol. The second kappa shape index (κ2) is 16.2. The Bertz CT molecular complexity index is 1510. The molecule has 3 aromatic carbocycles. The summed E-state index contributed by atoms with van der Waals surface area (Å²) >= 11 is 0. The van der Waals surface area contributed by atoms with Gasteiger partial charge in [-0.1, -0.05) is 86.6 Å². The molecule has 10 nitrogen and oxygen atoms in total. The lowest BCUT2D eigenvalue weighted by Gasteiger charge is -2.27. The predicted molar refractivity (Wildman–Crippen MR) is 170 cm³/mol. The summed E-state index contributed by atoms with van der Waals surface area (Å²) < 4.78 is 5.42. The molecule has 3 aromatic rings. The number of carbonyl (C=O) groups excluding carboxylic acids is 4. The minimum absolute atomic E-state index is 0.0300. The standard InChI is InChI=1S/C35H41N5O5/c1-23(2)18-30(33(42)38-28(21-36)19-27-15-9-17-37-32(27)41)39-34(43)31(40-35(44)45-22-24-10-4-3-5-11-24)20-26-14-8-13-25-12-6-7-16-29(25)26/h3-8,10-14,16,23,27-28,30-31H,9,15,17-20,22H2,1-2H3,(H,37,41)(H,38,42)(H,39,43)(H,40,44)/t27-,28-,30-,31-/m0/s1. The van der Waals surface area contributed by atoms with Crippen LogP contribution in [0.5, 0.6) is 0 Å². The number of rotatable bonds is 13. The number of piperidine rings is 1. The number of alkyl carbamates (subject to hydrolysis) is 1. The number of benzene rings is 3. The number of hydrogen-bond acceptors (Lipinski definition) is 6. The maximum absolute atomic E-state index is 13.8. The zero-order chi connectivity index (χ0) is 32.2. The third-order valence-corrected chi connectivity index (χ3v) is 7.86. The van der Waals surface area contributed by atoms with Gasteiger partial charge < -0.3 is 26.0 Å². The summed E-state index contributed by atoms with van der Waals surface area (Å²) in [6.45, 7) is 4.48. The Morgan fingerprint density at radius 2 is 1.64 bits per heavy atom. The summed E-state index contributed by atoms with van der Waals surface area (Å²) in [6, 6.07) is 21.9. The van der Waals surface area contributed by atoms with Gasteiger partial charge in [-0.05, 0) is 53.5 Å². The molecule has 1 heterocycles. The summed E-state index contributed by atoms with van der Waals surface area (Å²) in [7, 11) is 0. The molecule has 4 atom stereocenters. The van der Waals surface area contributed by atoms with Gasteiger partial charge >= 0.3 is 6.09 Å². The van der Waals surface area contributed by atoms with E-state index in [0.29, 0.717) is 19.4 Å².